The van der Waals surface area contributed by atoms with Gasteiger partial charge in [-0.15, -0.1) is 0 Å². The highest BCUT2D eigenvalue weighted by Gasteiger charge is 2.20. The number of nitrogen functional groups attached to an aromatic ring is 1. The quantitative estimate of drug-likeness (QED) is 0.660. The number of aromatic nitrogens is 1. The van der Waals surface area contributed by atoms with Gasteiger partial charge in [0.15, 0.2) is 5.13 Å². The van der Waals surface area contributed by atoms with Gasteiger partial charge in [-0.3, -0.25) is 10.1 Å². The van der Waals surface area contributed by atoms with E-state index in [4.69, 9.17) is 22.1 Å². The summed E-state index contributed by atoms with van der Waals surface area (Å²) < 4.78 is 5.87. The first kappa shape index (κ1) is 14.0. The van der Waals surface area contributed by atoms with Crippen LogP contribution in [0.25, 0.3) is 0 Å². The number of benzene rings is 1. The summed E-state index contributed by atoms with van der Waals surface area (Å²) in [6, 6.07) is 2.77. The van der Waals surface area contributed by atoms with Crippen LogP contribution < -0.4 is 10.5 Å². The Morgan fingerprint density at radius 3 is 2.89 bits per heavy atom. The highest BCUT2D eigenvalue weighted by molar-refractivity contribution is 9.10. The number of rotatable bonds is 4. The average Bonchev–Trinajstić information content (AvgIpc) is 2.73. The van der Waals surface area contributed by atoms with Gasteiger partial charge in [-0.05, 0) is 22.0 Å². The Balaban J connectivity index is 2.26. The maximum absolute atomic E-state index is 11.0. The highest BCUT2D eigenvalue weighted by atomic mass is 79.9. The van der Waals surface area contributed by atoms with Crippen LogP contribution in [0.3, 0.4) is 0 Å². The molecule has 0 spiro atoms. The van der Waals surface area contributed by atoms with Crippen molar-refractivity contribution in [3.05, 3.63) is 42.8 Å². The van der Waals surface area contributed by atoms with Crippen molar-refractivity contribution in [3.8, 4) is 5.75 Å². The summed E-state index contributed by atoms with van der Waals surface area (Å²) >= 11 is 10.2. The minimum absolute atomic E-state index is 0.126. The predicted octanol–water partition coefficient (Wildman–Crippen LogP) is 3.63. The summed E-state index contributed by atoms with van der Waals surface area (Å²) in [7, 11) is 0. The standard InChI is InChI=1S/C10H7BrClN3O3S/c11-7-1-5(12)2-8(15(16)17)9(7)18-4-6-3-14-10(13)19-6/h1-3H,4H2,(H2,13,14). The maximum atomic E-state index is 11.0. The topological polar surface area (TPSA) is 91.3 Å². The molecule has 6 nitrogen and oxygen atoms in total. The Morgan fingerprint density at radius 1 is 1.58 bits per heavy atom. The van der Waals surface area contributed by atoms with Gasteiger partial charge in [0.2, 0.25) is 5.75 Å². The van der Waals surface area contributed by atoms with Crippen LogP contribution in [0.1, 0.15) is 4.88 Å². The largest absolute Gasteiger partial charge is 0.480 e. The second kappa shape index (κ2) is 5.72. The van der Waals surface area contributed by atoms with Gasteiger partial charge >= 0.3 is 5.69 Å². The number of nitrogens with two attached hydrogens (primary N) is 1. The monoisotopic (exact) mass is 363 g/mol. The SMILES string of the molecule is Nc1ncc(COc2c(Br)cc(Cl)cc2[N+](=O)[O-])s1. The number of hydrogen-bond acceptors (Lipinski definition) is 6. The third-order valence-electron chi connectivity index (χ3n) is 2.12. The molecule has 0 aliphatic carbocycles. The molecule has 2 N–H and O–H groups in total. The molecule has 1 heterocycles. The molecule has 0 unspecified atom stereocenters. The molecule has 2 aromatic rings. The second-order valence-corrected chi connectivity index (χ2v) is 5.88. The van der Waals surface area contributed by atoms with Gasteiger partial charge in [0.1, 0.15) is 6.61 Å². The van der Waals surface area contributed by atoms with E-state index >= 15 is 0 Å². The Morgan fingerprint density at radius 2 is 2.32 bits per heavy atom. The van der Waals surface area contributed by atoms with Crippen molar-refractivity contribution in [3.63, 3.8) is 0 Å². The Bertz CT molecular complexity index is 634. The van der Waals surface area contributed by atoms with E-state index in [2.05, 4.69) is 20.9 Å². The van der Waals surface area contributed by atoms with Gasteiger partial charge in [-0.1, -0.05) is 22.9 Å². The molecule has 1 aromatic carbocycles. The minimum Gasteiger partial charge on any atom is -0.480 e. The Hall–Kier alpha value is -1.38. The number of nitrogens with zero attached hydrogens (tertiary/aromatic N) is 2. The van der Waals surface area contributed by atoms with Crippen LogP contribution in [0.2, 0.25) is 5.02 Å². The number of thiazole rings is 1. The molecule has 0 aliphatic heterocycles. The lowest BCUT2D eigenvalue weighted by Crippen LogP contribution is -1.99. The summed E-state index contributed by atoms with van der Waals surface area (Å²) in [5.74, 6) is 0.126. The highest BCUT2D eigenvalue weighted by Crippen LogP contribution is 2.38. The zero-order chi connectivity index (χ0) is 14.0. The molecular weight excluding hydrogens is 358 g/mol. The van der Waals surface area contributed by atoms with Crippen LogP contribution in [0.5, 0.6) is 5.75 Å². The molecular formula is C10H7BrClN3O3S. The lowest BCUT2D eigenvalue weighted by atomic mass is 10.3. The van der Waals surface area contributed by atoms with E-state index in [0.29, 0.717) is 9.60 Å². The Labute approximate surface area is 125 Å². The molecule has 2 rings (SSSR count). The van der Waals surface area contributed by atoms with Crippen molar-refractivity contribution in [1.29, 1.82) is 0 Å². The fraction of sp³-hybridized carbons (Fsp3) is 0.100. The van der Waals surface area contributed by atoms with Crippen molar-refractivity contribution in [1.82, 2.24) is 4.98 Å². The number of nitro groups is 1. The van der Waals surface area contributed by atoms with E-state index in [0.717, 1.165) is 4.88 Å². The molecule has 0 aliphatic rings. The van der Waals surface area contributed by atoms with Crippen LogP contribution in [0.15, 0.2) is 22.8 Å². The van der Waals surface area contributed by atoms with Crippen LogP contribution in [0.4, 0.5) is 10.8 Å². The first-order valence-electron chi connectivity index (χ1n) is 4.94. The number of hydrogen-bond donors (Lipinski definition) is 1. The first-order chi connectivity index (χ1) is 8.97. The molecule has 0 radical (unpaired) electrons. The normalized spacial score (nSPS) is 10.4. The lowest BCUT2D eigenvalue weighted by Gasteiger charge is -2.07. The van der Waals surface area contributed by atoms with E-state index < -0.39 is 4.92 Å². The number of halogens is 2. The third-order valence-corrected chi connectivity index (χ3v) is 3.72. The Kier molecular flexibility index (Phi) is 4.23. The number of nitro benzene ring substituents is 1. The van der Waals surface area contributed by atoms with Gasteiger partial charge < -0.3 is 10.5 Å². The lowest BCUT2D eigenvalue weighted by molar-refractivity contribution is -0.386. The van der Waals surface area contributed by atoms with Gasteiger partial charge in [0, 0.05) is 17.3 Å². The van der Waals surface area contributed by atoms with Crippen molar-refractivity contribution >= 4 is 49.7 Å². The van der Waals surface area contributed by atoms with Crippen LogP contribution >= 0.6 is 38.9 Å². The fourth-order valence-electron chi connectivity index (χ4n) is 1.36. The number of anilines is 1. The first-order valence-corrected chi connectivity index (χ1v) is 6.92. The van der Waals surface area contributed by atoms with E-state index in [1.54, 1.807) is 6.20 Å². The van der Waals surface area contributed by atoms with E-state index in [9.17, 15) is 10.1 Å². The van der Waals surface area contributed by atoms with Crippen molar-refractivity contribution < 1.29 is 9.66 Å². The number of ether oxygens (including phenoxy) is 1. The zero-order valence-electron chi connectivity index (χ0n) is 9.30. The molecule has 100 valence electrons. The fourth-order valence-corrected chi connectivity index (χ4v) is 2.86. The summed E-state index contributed by atoms with van der Waals surface area (Å²) in [6.45, 7) is 0.149. The van der Waals surface area contributed by atoms with Crippen LogP contribution in [0, 0.1) is 10.1 Å². The summed E-state index contributed by atoms with van der Waals surface area (Å²) in [4.78, 5) is 15.1. The minimum atomic E-state index is -0.549. The maximum Gasteiger partial charge on any atom is 0.313 e. The predicted molar refractivity (Wildman–Crippen MR) is 76.7 cm³/mol. The van der Waals surface area contributed by atoms with Gasteiger partial charge in [0.25, 0.3) is 0 Å². The van der Waals surface area contributed by atoms with Crippen LogP contribution in [-0.2, 0) is 6.61 Å². The molecule has 0 amide bonds. The van der Waals surface area contributed by atoms with Crippen molar-refractivity contribution in [2.24, 2.45) is 0 Å². The second-order valence-electron chi connectivity index (χ2n) is 3.45. The molecule has 0 saturated carbocycles. The van der Waals surface area contributed by atoms with Crippen molar-refractivity contribution in [2.75, 3.05) is 5.73 Å². The van der Waals surface area contributed by atoms with Gasteiger partial charge in [-0.25, -0.2) is 4.98 Å². The molecule has 9 heteroatoms. The molecule has 0 saturated heterocycles. The smallest absolute Gasteiger partial charge is 0.313 e. The molecule has 0 atom stereocenters. The molecule has 19 heavy (non-hydrogen) atoms. The summed E-state index contributed by atoms with van der Waals surface area (Å²) in [5.41, 5.74) is 5.30. The van der Waals surface area contributed by atoms with Crippen LogP contribution in [-0.4, -0.2) is 9.91 Å². The van der Waals surface area contributed by atoms with E-state index in [-0.39, 0.29) is 23.1 Å². The zero-order valence-corrected chi connectivity index (χ0v) is 12.5. The molecule has 0 bridgehead atoms. The summed E-state index contributed by atoms with van der Waals surface area (Å²) in [6.07, 6.45) is 1.57. The third kappa shape index (κ3) is 3.34. The van der Waals surface area contributed by atoms with Gasteiger partial charge in [0.05, 0.1) is 14.3 Å². The van der Waals surface area contributed by atoms with E-state index in [1.807, 2.05) is 0 Å². The molecule has 0 fully saturated rings. The van der Waals surface area contributed by atoms with Gasteiger partial charge in [-0.2, -0.15) is 0 Å². The van der Waals surface area contributed by atoms with Crippen molar-refractivity contribution in [2.45, 2.75) is 6.61 Å². The summed E-state index contributed by atoms with van der Waals surface area (Å²) in [5, 5.41) is 11.6. The molecule has 1 aromatic heterocycles. The van der Waals surface area contributed by atoms with E-state index in [1.165, 1.54) is 23.5 Å². The average molecular weight is 365 g/mol.